The molecule has 7 nitrogen and oxygen atoms in total. The van der Waals surface area contributed by atoms with Crippen LogP contribution < -0.4 is 15.9 Å². The number of thiocarbonyl (C=S) groups is 1. The Bertz CT molecular complexity index is 1850. The molecule has 6 rings (SSSR count). The highest BCUT2D eigenvalue weighted by molar-refractivity contribution is 7.96. The first-order valence-electron chi connectivity index (χ1n) is 15.6. The number of para-hydroxylation sites is 1. The molecule has 0 aromatic heterocycles. The third kappa shape index (κ3) is 6.17. The van der Waals surface area contributed by atoms with Crippen molar-refractivity contribution in [1.82, 2.24) is 4.90 Å². The van der Waals surface area contributed by atoms with Crippen molar-refractivity contribution in [3.05, 3.63) is 167 Å². The average molecular weight is 674 g/mol. The number of β-lactam (4-membered cyclic amide) rings is 1. The normalized spacial score (nSPS) is 16.4. The molecule has 1 heterocycles. The van der Waals surface area contributed by atoms with Gasteiger partial charge in [0.25, 0.3) is 11.5 Å². The van der Waals surface area contributed by atoms with Gasteiger partial charge in [-0.1, -0.05) is 109 Å². The van der Waals surface area contributed by atoms with Gasteiger partial charge in [0.2, 0.25) is 5.91 Å². The third-order valence-electron chi connectivity index (χ3n) is 8.89. The topological polar surface area (TPSA) is 89.8 Å². The van der Waals surface area contributed by atoms with E-state index in [9.17, 15) is 19.7 Å². The molecule has 0 N–H and O–H groups in total. The van der Waals surface area contributed by atoms with Crippen LogP contribution in [-0.4, -0.2) is 37.9 Å². The molecule has 2 unspecified atom stereocenters. The van der Waals surface area contributed by atoms with Gasteiger partial charge in [0.1, 0.15) is 29.8 Å². The minimum atomic E-state index is -3.07. The van der Waals surface area contributed by atoms with Crippen molar-refractivity contribution < 1.29 is 19.2 Å². The summed E-state index contributed by atoms with van der Waals surface area (Å²) in [5, 5.41) is 14.5. The van der Waals surface area contributed by atoms with Gasteiger partial charge in [-0.2, -0.15) is 0 Å². The summed E-state index contributed by atoms with van der Waals surface area (Å²) in [6.45, 7) is 1.65. The van der Waals surface area contributed by atoms with Gasteiger partial charge in [-0.05, 0) is 55.0 Å². The molecule has 1 amide bonds. The molecular formula is C39H34N2O5PS+. The molecule has 1 aliphatic rings. The van der Waals surface area contributed by atoms with Gasteiger partial charge < -0.3 is 4.74 Å². The van der Waals surface area contributed by atoms with E-state index in [4.69, 9.17) is 17.0 Å². The maximum atomic E-state index is 15.0. The van der Waals surface area contributed by atoms with E-state index in [0.717, 1.165) is 21.5 Å². The van der Waals surface area contributed by atoms with Crippen LogP contribution in [0.4, 0.5) is 5.69 Å². The zero-order valence-electron chi connectivity index (χ0n) is 26.3. The van der Waals surface area contributed by atoms with Crippen molar-refractivity contribution >= 4 is 57.8 Å². The van der Waals surface area contributed by atoms with E-state index in [0.29, 0.717) is 11.3 Å². The number of carbonyl (C=O) groups excluding carboxylic acids is 2. The number of amides is 1. The summed E-state index contributed by atoms with van der Waals surface area (Å²) in [4.78, 5) is 42.8. The number of nitro benzene ring substituents is 1. The Kier molecular flexibility index (Phi) is 9.58. The predicted molar refractivity (Wildman–Crippen MR) is 194 cm³/mol. The highest BCUT2D eigenvalue weighted by Crippen LogP contribution is 2.63. The van der Waals surface area contributed by atoms with Crippen LogP contribution in [0.1, 0.15) is 30.9 Å². The first-order chi connectivity index (χ1) is 23.3. The van der Waals surface area contributed by atoms with E-state index < -0.39 is 29.5 Å². The summed E-state index contributed by atoms with van der Waals surface area (Å²) in [6, 6.07) is 45.3. The fraction of sp³-hybridized carbons (Fsp3) is 0.154. The fourth-order valence-electron chi connectivity index (χ4n) is 6.69. The van der Waals surface area contributed by atoms with Crippen molar-refractivity contribution in [3.63, 3.8) is 0 Å². The largest absolute Gasteiger partial charge is 0.456 e. The smallest absolute Gasteiger partial charge is 0.370 e. The molecule has 0 spiro atoms. The molecule has 1 aliphatic heterocycles. The van der Waals surface area contributed by atoms with E-state index in [-0.39, 0.29) is 30.2 Å². The fourth-order valence-corrected chi connectivity index (χ4v) is 11.9. The van der Waals surface area contributed by atoms with Gasteiger partial charge in [-0.25, -0.2) is 4.79 Å². The molecule has 5 aromatic rings. The number of rotatable bonds is 12. The van der Waals surface area contributed by atoms with E-state index in [1.165, 1.54) is 6.07 Å². The van der Waals surface area contributed by atoms with Crippen LogP contribution in [0.3, 0.4) is 0 Å². The van der Waals surface area contributed by atoms with Crippen LogP contribution in [0.2, 0.25) is 0 Å². The molecule has 9 heteroatoms. The number of carbonyl (C=O) groups is 2. The second-order valence-corrected chi connectivity index (χ2v) is 16.0. The Morgan fingerprint density at radius 3 is 1.75 bits per heavy atom. The van der Waals surface area contributed by atoms with E-state index in [1.54, 1.807) is 23.1 Å². The second kappa shape index (κ2) is 14.0. The SMILES string of the molecule is CC1(CC(=S)c2ccccc2)CC(=O)N1C(C(=O)OCc1ccccc1[N+](=O)[O-])[P+](c1ccccc1)(c1ccccc1)c1ccccc1. The summed E-state index contributed by atoms with van der Waals surface area (Å²) in [6.07, 6.45) is 0.566. The first-order valence-corrected chi connectivity index (χ1v) is 17.9. The molecular weight excluding hydrogens is 639 g/mol. The number of esters is 1. The molecule has 2 atom stereocenters. The van der Waals surface area contributed by atoms with Gasteiger partial charge >= 0.3 is 5.97 Å². The first kappa shape index (κ1) is 32.9. The van der Waals surface area contributed by atoms with Crippen LogP contribution in [-0.2, 0) is 20.9 Å². The minimum Gasteiger partial charge on any atom is -0.456 e. The van der Waals surface area contributed by atoms with Crippen molar-refractivity contribution in [1.29, 1.82) is 0 Å². The number of hydrogen-bond donors (Lipinski definition) is 0. The predicted octanol–water partition coefficient (Wildman–Crippen LogP) is 6.76. The molecule has 240 valence electrons. The zero-order valence-corrected chi connectivity index (χ0v) is 28.1. The van der Waals surface area contributed by atoms with Crippen LogP contribution in [0.15, 0.2) is 146 Å². The maximum absolute atomic E-state index is 15.0. The molecule has 1 fully saturated rings. The number of likely N-dealkylation sites (tertiary alicyclic amines) is 1. The monoisotopic (exact) mass is 673 g/mol. The number of benzene rings is 5. The quantitative estimate of drug-likeness (QED) is 0.0277. The summed E-state index contributed by atoms with van der Waals surface area (Å²) in [7, 11) is -3.07. The maximum Gasteiger partial charge on any atom is 0.370 e. The molecule has 0 aliphatic carbocycles. The van der Waals surface area contributed by atoms with Crippen molar-refractivity contribution in [2.45, 2.75) is 37.7 Å². The zero-order chi connectivity index (χ0) is 33.7. The average Bonchev–Trinajstić information content (AvgIpc) is 3.12. The second-order valence-electron chi connectivity index (χ2n) is 12.0. The van der Waals surface area contributed by atoms with Crippen molar-refractivity contribution in [2.75, 3.05) is 0 Å². The highest BCUT2D eigenvalue weighted by Gasteiger charge is 2.66. The summed E-state index contributed by atoms with van der Waals surface area (Å²) in [5.41, 5.74) is 0.199. The van der Waals surface area contributed by atoms with Crippen molar-refractivity contribution in [2.24, 2.45) is 0 Å². The standard InChI is InChI=1S/C39H34N2O5PS/c1-39(26-35(48)29-16-6-2-7-17-29)27-36(42)40(39)37(38(43)46-28-30-18-14-15-25-34(30)41(44)45)47(31-19-8-3-9-20-31,32-21-10-4-11-22-32)33-23-12-5-13-24-33/h2-25,37H,26-28H2,1H3/q+1. The third-order valence-corrected chi connectivity index (χ3v) is 13.8. The minimum absolute atomic E-state index is 0.143. The van der Waals surface area contributed by atoms with Gasteiger partial charge in [0.05, 0.1) is 22.4 Å². The lowest BCUT2D eigenvalue weighted by Crippen LogP contribution is -2.69. The van der Waals surface area contributed by atoms with Crippen LogP contribution in [0.25, 0.3) is 0 Å². The number of hydrogen-bond acceptors (Lipinski definition) is 6. The van der Waals surface area contributed by atoms with E-state index >= 15 is 0 Å². The van der Waals surface area contributed by atoms with Gasteiger partial charge in [-0.15, -0.1) is 0 Å². The lowest BCUT2D eigenvalue weighted by molar-refractivity contribution is -0.385. The summed E-state index contributed by atoms with van der Waals surface area (Å²) >= 11 is 5.93. The van der Waals surface area contributed by atoms with Crippen LogP contribution in [0, 0.1) is 10.1 Å². The molecule has 0 saturated carbocycles. The van der Waals surface area contributed by atoms with Crippen molar-refractivity contribution in [3.8, 4) is 0 Å². The van der Waals surface area contributed by atoms with Gasteiger partial charge in [-0.3, -0.25) is 19.8 Å². The van der Waals surface area contributed by atoms with Gasteiger partial charge in [0, 0.05) is 17.4 Å². The summed E-state index contributed by atoms with van der Waals surface area (Å²) < 4.78 is 6.10. The van der Waals surface area contributed by atoms with E-state index in [2.05, 4.69) is 0 Å². The molecule has 48 heavy (non-hydrogen) atoms. The lowest BCUT2D eigenvalue weighted by atomic mass is 9.80. The van der Waals surface area contributed by atoms with Gasteiger partial charge in [0.15, 0.2) is 0 Å². The molecule has 0 bridgehead atoms. The van der Waals surface area contributed by atoms with E-state index in [1.807, 2.05) is 128 Å². The summed E-state index contributed by atoms with van der Waals surface area (Å²) in [5.74, 6) is -1.92. The molecule has 5 aromatic carbocycles. The Hall–Kier alpha value is -5.04. The Morgan fingerprint density at radius 1 is 0.812 bits per heavy atom. The van der Waals surface area contributed by atoms with Crippen LogP contribution >= 0.6 is 19.5 Å². The van der Waals surface area contributed by atoms with Crippen LogP contribution in [0.5, 0.6) is 0 Å². The Morgan fingerprint density at radius 2 is 1.27 bits per heavy atom. The number of nitro groups is 1. The number of ether oxygens (including phenoxy) is 1. The Labute approximate surface area is 285 Å². The Balaban J connectivity index is 1.56. The lowest BCUT2D eigenvalue weighted by Gasteiger charge is -2.54. The molecule has 1 saturated heterocycles. The molecule has 0 radical (unpaired) electrons. The number of nitrogens with zero attached hydrogens (tertiary/aromatic N) is 2. The highest BCUT2D eigenvalue weighted by atomic mass is 32.1.